The van der Waals surface area contributed by atoms with Gasteiger partial charge in [-0.2, -0.15) is 0 Å². The maximum atomic E-state index is 10.7. The van der Waals surface area contributed by atoms with Crippen molar-refractivity contribution in [2.24, 2.45) is 23.7 Å². The molecule has 1 N–H and O–H groups in total. The summed E-state index contributed by atoms with van der Waals surface area (Å²) in [5, 5.41) is 8.81. The summed E-state index contributed by atoms with van der Waals surface area (Å²) in [6.45, 7) is 8.39. The van der Waals surface area contributed by atoms with Crippen molar-refractivity contribution in [2.45, 2.75) is 34.1 Å². The van der Waals surface area contributed by atoms with E-state index in [2.05, 4.69) is 20.8 Å². The Labute approximate surface area is 86.0 Å². The van der Waals surface area contributed by atoms with Crippen molar-refractivity contribution in [1.82, 2.24) is 0 Å². The fourth-order valence-electron chi connectivity index (χ4n) is 2.53. The van der Waals surface area contributed by atoms with Crippen molar-refractivity contribution in [2.75, 3.05) is 0 Å². The van der Waals surface area contributed by atoms with Gasteiger partial charge in [-0.1, -0.05) is 26.8 Å². The van der Waals surface area contributed by atoms with Gasteiger partial charge in [0.05, 0.1) is 0 Å². The smallest absolute Gasteiger partial charge is 0.330 e. The zero-order valence-electron chi connectivity index (χ0n) is 9.45. The predicted octanol–water partition coefficient (Wildman–Crippen LogP) is 2.95. The van der Waals surface area contributed by atoms with Gasteiger partial charge >= 0.3 is 5.97 Å². The summed E-state index contributed by atoms with van der Waals surface area (Å²) in [5.74, 6) is 1.60. The minimum absolute atomic E-state index is 0.445. The minimum atomic E-state index is -0.788. The number of allylic oxidation sites excluding steroid dienone is 1. The molecule has 4 unspecified atom stereocenters. The molecule has 1 aliphatic rings. The van der Waals surface area contributed by atoms with Crippen LogP contribution in [0.15, 0.2) is 11.6 Å². The van der Waals surface area contributed by atoms with Crippen LogP contribution in [0.5, 0.6) is 0 Å². The molecular formula is C12H20O2. The van der Waals surface area contributed by atoms with E-state index in [1.54, 1.807) is 6.92 Å². The van der Waals surface area contributed by atoms with E-state index in [0.717, 1.165) is 0 Å². The molecule has 1 saturated carbocycles. The molecular weight excluding hydrogens is 176 g/mol. The monoisotopic (exact) mass is 196 g/mol. The topological polar surface area (TPSA) is 37.3 Å². The number of rotatable bonds is 2. The average molecular weight is 196 g/mol. The van der Waals surface area contributed by atoms with E-state index in [0.29, 0.717) is 29.2 Å². The van der Waals surface area contributed by atoms with E-state index in [9.17, 15) is 4.79 Å². The highest BCUT2D eigenvalue weighted by Gasteiger charge is 2.34. The van der Waals surface area contributed by atoms with Crippen molar-refractivity contribution in [3.05, 3.63) is 11.6 Å². The van der Waals surface area contributed by atoms with Gasteiger partial charge < -0.3 is 5.11 Å². The summed E-state index contributed by atoms with van der Waals surface area (Å²) in [6, 6.07) is 0. The molecule has 1 rings (SSSR count). The Bertz CT molecular complexity index is 255. The fraction of sp³-hybridized carbons (Fsp3) is 0.750. The van der Waals surface area contributed by atoms with Gasteiger partial charge in [0.2, 0.25) is 0 Å². The van der Waals surface area contributed by atoms with Crippen LogP contribution in [0.4, 0.5) is 0 Å². The van der Waals surface area contributed by atoms with Gasteiger partial charge in [-0.15, -0.1) is 0 Å². The second kappa shape index (κ2) is 4.16. The van der Waals surface area contributed by atoms with Gasteiger partial charge in [0.25, 0.3) is 0 Å². The molecule has 0 bridgehead atoms. The zero-order chi connectivity index (χ0) is 10.9. The van der Waals surface area contributed by atoms with Gasteiger partial charge in [-0.3, -0.25) is 0 Å². The second-order valence-corrected chi connectivity index (χ2v) is 4.78. The van der Waals surface area contributed by atoms with Crippen molar-refractivity contribution in [3.63, 3.8) is 0 Å². The molecule has 80 valence electrons. The predicted molar refractivity (Wildman–Crippen MR) is 57.0 cm³/mol. The van der Waals surface area contributed by atoms with Crippen molar-refractivity contribution in [1.29, 1.82) is 0 Å². The van der Waals surface area contributed by atoms with Crippen LogP contribution in [0.3, 0.4) is 0 Å². The highest BCUT2D eigenvalue weighted by molar-refractivity contribution is 5.85. The van der Waals surface area contributed by atoms with Crippen molar-refractivity contribution in [3.8, 4) is 0 Å². The van der Waals surface area contributed by atoms with Crippen molar-refractivity contribution < 1.29 is 9.90 Å². The van der Waals surface area contributed by atoms with E-state index in [1.807, 2.05) is 6.08 Å². The molecule has 14 heavy (non-hydrogen) atoms. The van der Waals surface area contributed by atoms with Gasteiger partial charge in [-0.05, 0) is 37.0 Å². The summed E-state index contributed by atoms with van der Waals surface area (Å²) in [6.07, 6.45) is 3.16. The number of carbonyl (C=O) groups is 1. The van der Waals surface area contributed by atoms with Crippen molar-refractivity contribution >= 4 is 5.97 Å². The Morgan fingerprint density at radius 2 is 1.86 bits per heavy atom. The molecule has 0 saturated heterocycles. The van der Waals surface area contributed by atoms with Crippen LogP contribution >= 0.6 is 0 Å². The van der Waals surface area contributed by atoms with Gasteiger partial charge in [0.1, 0.15) is 0 Å². The molecule has 0 aromatic heterocycles. The van der Waals surface area contributed by atoms with Crippen LogP contribution in [0.2, 0.25) is 0 Å². The van der Waals surface area contributed by atoms with Gasteiger partial charge in [-0.25, -0.2) is 4.79 Å². The molecule has 2 heteroatoms. The third kappa shape index (κ3) is 2.17. The SMILES string of the molecule is CC(=CC1C(C)CC(C)C1C)C(=O)O. The highest BCUT2D eigenvalue weighted by atomic mass is 16.4. The van der Waals surface area contributed by atoms with E-state index >= 15 is 0 Å². The third-order valence-corrected chi connectivity index (χ3v) is 3.69. The first-order valence-corrected chi connectivity index (χ1v) is 5.35. The van der Waals surface area contributed by atoms with Gasteiger partial charge in [0.15, 0.2) is 0 Å². The quantitative estimate of drug-likeness (QED) is 0.689. The molecule has 0 aliphatic heterocycles. The normalized spacial score (nSPS) is 38.7. The van der Waals surface area contributed by atoms with E-state index in [4.69, 9.17) is 5.11 Å². The zero-order valence-corrected chi connectivity index (χ0v) is 9.45. The first-order valence-electron chi connectivity index (χ1n) is 5.35. The number of hydrogen-bond donors (Lipinski definition) is 1. The Kier molecular flexibility index (Phi) is 3.35. The lowest BCUT2D eigenvalue weighted by molar-refractivity contribution is -0.132. The van der Waals surface area contributed by atoms with Crippen LogP contribution in [0.1, 0.15) is 34.1 Å². The summed E-state index contributed by atoms with van der Waals surface area (Å²) >= 11 is 0. The molecule has 1 fully saturated rings. The number of carboxylic acids is 1. The molecule has 0 amide bonds. The standard InChI is InChI=1S/C12H20O2/c1-7-5-8(2)11(10(7)4)6-9(3)12(13)14/h6-8,10-11H,5H2,1-4H3,(H,13,14). The molecule has 0 aromatic rings. The van der Waals surface area contributed by atoms with Crippen LogP contribution in [-0.2, 0) is 4.79 Å². The lowest BCUT2D eigenvalue weighted by Crippen LogP contribution is -2.12. The summed E-state index contributed by atoms with van der Waals surface area (Å²) < 4.78 is 0. The van der Waals surface area contributed by atoms with Crippen LogP contribution in [-0.4, -0.2) is 11.1 Å². The van der Waals surface area contributed by atoms with E-state index in [1.165, 1.54) is 6.42 Å². The minimum Gasteiger partial charge on any atom is -0.478 e. The fourth-order valence-corrected chi connectivity index (χ4v) is 2.53. The molecule has 0 spiro atoms. The first-order chi connectivity index (χ1) is 6.43. The molecule has 0 heterocycles. The number of hydrogen-bond acceptors (Lipinski definition) is 1. The Morgan fingerprint density at radius 1 is 1.29 bits per heavy atom. The number of aliphatic carboxylic acids is 1. The molecule has 0 radical (unpaired) electrons. The first kappa shape index (κ1) is 11.3. The highest BCUT2D eigenvalue weighted by Crippen LogP contribution is 2.42. The summed E-state index contributed by atoms with van der Waals surface area (Å²) in [4.78, 5) is 10.7. The van der Waals surface area contributed by atoms with Gasteiger partial charge in [0, 0.05) is 5.57 Å². The maximum absolute atomic E-state index is 10.7. The Balaban J connectivity index is 2.78. The van der Waals surface area contributed by atoms with E-state index < -0.39 is 5.97 Å². The van der Waals surface area contributed by atoms with Crippen LogP contribution < -0.4 is 0 Å². The Morgan fingerprint density at radius 3 is 2.21 bits per heavy atom. The summed E-state index contributed by atoms with van der Waals surface area (Å²) in [5.41, 5.74) is 0.489. The lowest BCUT2D eigenvalue weighted by atomic mass is 9.88. The molecule has 2 nitrogen and oxygen atoms in total. The van der Waals surface area contributed by atoms with E-state index in [-0.39, 0.29) is 0 Å². The largest absolute Gasteiger partial charge is 0.478 e. The Hall–Kier alpha value is -0.790. The lowest BCUT2D eigenvalue weighted by Gasteiger charge is -2.17. The molecule has 4 atom stereocenters. The second-order valence-electron chi connectivity index (χ2n) is 4.78. The molecule has 0 aromatic carbocycles. The third-order valence-electron chi connectivity index (χ3n) is 3.69. The van der Waals surface area contributed by atoms with Crippen LogP contribution in [0, 0.1) is 23.7 Å². The van der Waals surface area contributed by atoms with Crippen LogP contribution in [0.25, 0.3) is 0 Å². The number of carboxylic acid groups (broad SMARTS) is 1. The maximum Gasteiger partial charge on any atom is 0.330 e. The molecule has 1 aliphatic carbocycles. The average Bonchev–Trinajstić information content (AvgIpc) is 2.32. The summed E-state index contributed by atoms with van der Waals surface area (Å²) in [7, 11) is 0.